The van der Waals surface area contributed by atoms with Crippen molar-refractivity contribution in [3.8, 4) is 0 Å². The molecule has 0 aliphatic heterocycles. The van der Waals surface area contributed by atoms with Gasteiger partial charge < -0.3 is 15.6 Å². The third-order valence-corrected chi connectivity index (χ3v) is 5.49. The van der Waals surface area contributed by atoms with Crippen LogP contribution in [-0.2, 0) is 10.0 Å². The molecule has 0 unspecified atom stereocenters. The molecule has 178 valence electrons. The number of sulfonamides is 1. The second-order valence-corrected chi connectivity index (χ2v) is 9.24. The van der Waals surface area contributed by atoms with E-state index in [2.05, 4.69) is 35.6 Å². The number of fused-ring (bicyclic) bond motifs is 1. The van der Waals surface area contributed by atoms with Gasteiger partial charge in [0, 0.05) is 28.9 Å². The Hall–Kier alpha value is -3.87. The van der Waals surface area contributed by atoms with Crippen LogP contribution in [0.3, 0.4) is 0 Å². The first-order chi connectivity index (χ1) is 17.2. The molecule has 10 nitrogen and oxygen atoms in total. The van der Waals surface area contributed by atoms with Gasteiger partial charge in [-0.25, -0.2) is 37.1 Å². The zero-order valence-electron chi connectivity index (χ0n) is 21.3. The second-order valence-electron chi connectivity index (χ2n) is 7.41. The third-order valence-electron chi connectivity index (χ3n) is 4.63. The Bertz CT molecular complexity index is 1560. The van der Waals surface area contributed by atoms with Gasteiger partial charge in [0.05, 0.1) is 23.3 Å². The predicted molar refractivity (Wildman–Crippen MR) is 127 cm³/mol. The van der Waals surface area contributed by atoms with Gasteiger partial charge in [-0.3, -0.25) is 4.31 Å². The Morgan fingerprint density at radius 3 is 2.44 bits per heavy atom. The molecule has 0 atom stereocenters. The van der Waals surface area contributed by atoms with Gasteiger partial charge in [-0.05, 0) is 26.0 Å². The maximum absolute atomic E-state index is 13.4. The molecule has 4 rings (SSSR count). The normalized spacial score (nSPS) is 13.4. The lowest BCUT2D eigenvalue weighted by Gasteiger charge is -2.21. The number of hydrogen-bond acceptors (Lipinski definition) is 8. The van der Waals surface area contributed by atoms with Crippen LogP contribution in [0.1, 0.15) is 27.9 Å². The smallest absolute Gasteiger partial charge is 0.295 e. The minimum Gasteiger partial charge on any atom is -0.352 e. The summed E-state index contributed by atoms with van der Waals surface area (Å²) in [6.07, 6.45) is -2.13. The largest absolute Gasteiger partial charge is 0.352 e. The number of imidazole rings is 1. The molecule has 0 aliphatic carbocycles. The predicted octanol–water partition coefficient (Wildman–Crippen LogP) is 4.19. The molecule has 34 heavy (non-hydrogen) atoms. The molecule has 0 bridgehead atoms. The summed E-state index contributed by atoms with van der Waals surface area (Å²) in [4.78, 5) is 19.2. The summed E-state index contributed by atoms with van der Waals surface area (Å²) in [5, 5.41) is 5.94. The number of nitrogens with one attached hydrogen (secondary N) is 3. The van der Waals surface area contributed by atoms with Crippen LogP contribution >= 0.6 is 0 Å². The van der Waals surface area contributed by atoms with E-state index >= 15 is 0 Å². The zero-order chi connectivity index (χ0) is 27.1. The fourth-order valence-corrected chi connectivity index (χ4v) is 3.78. The first kappa shape index (κ1) is 19.6. The molecule has 3 N–H and O–H groups in total. The number of H-pyrrole nitrogens is 1. The van der Waals surface area contributed by atoms with Crippen LogP contribution in [-0.4, -0.2) is 46.6 Å². The number of alkyl halides is 2. The molecule has 0 spiro atoms. The van der Waals surface area contributed by atoms with E-state index in [1.165, 1.54) is 24.3 Å². The van der Waals surface area contributed by atoms with Crippen LogP contribution in [0.25, 0.3) is 11.2 Å². The Labute approximate surface area is 198 Å². The molecular formula is C21H22F2N8O2S. The van der Waals surface area contributed by atoms with Crippen LogP contribution in [0.15, 0.2) is 36.4 Å². The van der Waals surface area contributed by atoms with Gasteiger partial charge in [0.15, 0.2) is 11.5 Å². The van der Waals surface area contributed by atoms with Crippen molar-refractivity contribution in [3.63, 3.8) is 0 Å². The van der Waals surface area contributed by atoms with E-state index in [-0.39, 0.29) is 34.0 Å². The van der Waals surface area contributed by atoms with E-state index in [9.17, 15) is 17.2 Å². The Kier molecular flexibility index (Phi) is 5.08. The highest BCUT2D eigenvalue weighted by molar-refractivity contribution is 7.92. The average molecular weight is 492 g/mol. The van der Waals surface area contributed by atoms with E-state index in [1.54, 1.807) is 26.0 Å². The molecule has 3 aromatic heterocycles. The van der Waals surface area contributed by atoms with E-state index in [1.807, 2.05) is 0 Å². The molecule has 4 aromatic rings. The first-order valence-corrected chi connectivity index (χ1v) is 11.7. The molecule has 0 fully saturated rings. The van der Waals surface area contributed by atoms with E-state index in [0.29, 0.717) is 21.6 Å². The quantitative estimate of drug-likeness (QED) is 0.351. The maximum Gasteiger partial charge on any atom is 0.295 e. The van der Waals surface area contributed by atoms with Gasteiger partial charge in [0.2, 0.25) is 10.0 Å². The van der Waals surface area contributed by atoms with Crippen LogP contribution < -0.4 is 14.9 Å². The summed E-state index contributed by atoms with van der Waals surface area (Å²) in [5.74, 6) is 0.470. The summed E-state index contributed by atoms with van der Waals surface area (Å²) in [6.45, 7) is 0.465. The van der Waals surface area contributed by atoms with Crippen molar-refractivity contribution in [2.75, 3.05) is 28.2 Å². The van der Waals surface area contributed by atoms with Crippen molar-refractivity contribution in [2.24, 2.45) is 0 Å². The Morgan fingerprint density at radius 1 is 1.03 bits per heavy atom. The number of hydrogen-bond donors (Lipinski definition) is 3. The molecule has 3 heterocycles. The van der Waals surface area contributed by atoms with Gasteiger partial charge in [-0.15, -0.1) is 0 Å². The monoisotopic (exact) mass is 491 g/mol. The molecule has 0 aliphatic rings. The van der Waals surface area contributed by atoms with Gasteiger partial charge in [-0.1, -0.05) is 12.1 Å². The lowest BCUT2D eigenvalue weighted by Crippen LogP contribution is -2.25. The standard InChI is InChI=1S/C21H22F2N8O2S/c1-11-9-16(25-12(2)24-11)27-17-10-14(18-20(28-17)30-21(29-18)19(22)23)26-13-7-5-6-8-15(13)31(3)34(4,32)33/h5-10,19H,1-4H3,(H3,24,25,26,27,28,29,30)/i3D3. The maximum atomic E-state index is 13.4. The summed E-state index contributed by atoms with van der Waals surface area (Å²) >= 11 is 0. The van der Waals surface area contributed by atoms with Crippen molar-refractivity contribution in [1.29, 1.82) is 0 Å². The number of aromatic nitrogens is 5. The van der Waals surface area contributed by atoms with Crippen LogP contribution in [0.5, 0.6) is 0 Å². The second kappa shape index (κ2) is 8.82. The van der Waals surface area contributed by atoms with Gasteiger partial charge in [0.1, 0.15) is 23.0 Å². The third kappa shape index (κ3) is 4.88. The van der Waals surface area contributed by atoms with E-state index in [4.69, 9.17) is 4.11 Å². The molecule has 0 saturated carbocycles. The van der Waals surface area contributed by atoms with Crippen LogP contribution in [0, 0.1) is 13.8 Å². The van der Waals surface area contributed by atoms with Crippen molar-refractivity contribution >= 4 is 49.9 Å². The molecule has 0 amide bonds. The van der Waals surface area contributed by atoms with Crippen molar-refractivity contribution in [3.05, 3.63) is 53.7 Å². The summed E-state index contributed by atoms with van der Waals surface area (Å²) in [7, 11) is -4.22. The summed E-state index contributed by atoms with van der Waals surface area (Å²) < 4.78 is 75.2. The van der Waals surface area contributed by atoms with Crippen molar-refractivity contribution < 1.29 is 21.3 Å². The van der Waals surface area contributed by atoms with Gasteiger partial charge >= 0.3 is 0 Å². The minimum absolute atomic E-state index is 0.0569. The fourth-order valence-electron chi connectivity index (χ4n) is 3.26. The number of nitrogens with zero attached hydrogens (tertiary/aromatic N) is 5. The van der Waals surface area contributed by atoms with Crippen molar-refractivity contribution in [2.45, 2.75) is 20.3 Å². The molecule has 1 aromatic carbocycles. The number of para-hydroxylation sites is 2. The number of anilines is 5. The average Bonchev–Trinajstić information content (AvgIpc) is 3.17. The number of halogens is 2. The highest BCUT2D eigenvalue weighted by Gasteiger charge is 2.20. The Morgan fingerprint density at radius 2 is 1.76 bits per heavy atom. The lowest BCUT2D eigenvalue weighted by molar-refractivity contribution is 0.142. The van der Waals surface area contributed by atoms with Gasteiger partial charge in [-0.2, -0.15) is 0 Å². The van der Waals surface area contributed by atoms with Gasteiger partial charge in [0.25, 0.3) is 6.43 Å². The topological polar surface area (TPSA) is 129 Å². The number of pyridine rings is 1. The highest BCUT2D eigenvalue weighted by atomic mass is 32.2. The number of benzene rings is 1. The van der Waals surface area contributed by atoms with Crippen LogP contribution in [0.4, 0.5) is 37.5 Å². The lowest BCUT2D eigenvalue weighted by atomic mass is 10.2. The Balaban J connectivity index is 1.85. The van der Waals surface area contributed by atoms with Crippen molar-refractivity contribution in [1.82, 2.24) is 24.9 Å². The minimum atomic E-state index is -4.22. The van der Waals surface area contributed by atoms with Crippen LogP contribution in [0.2, 0.25) is 0 Å². The van der Waals surface area contributed by atoms with E-state index < -0.39 is 29.2 Å². The number of aromatic amines is 1. The highest BCUT2D eigenvalue weighted by Crippen LogP contribution is 2.34. The molecular weight excluding hydrogens is 466 g/mol. The molecule has 0 radical (unpaired) electrons. The molecule has 13 heteroatoms. The first-order valence-electron chi connectivity index (χ1n) is 11.4. The zero-order valence-corrected chi connectivity index (χ0v) is 19.1. The number of aryl methyl sites for hydroxylation is 2. The SMILES string of the molecule is [2H]C([2H])([2H])N(c1ccccc1Nc1cc(Nc2cc(C)nc(C)n2)nc2nc(C(F)F)[nH]c12)S(C)(=O)=O. The van der Waals surface area contributed by atoms with E-state index in [0.717, 1.165) is 6.26 Å². The summed E-state index contributed by atoms with van der Waals surface area (Å²) in [5.41, 5.74) is 0.836. The fraction of sp³-hybridized carbons (Fsp3) is 0.238. The number of rotatable bonds is 7. The molecule has 0 saturated heterocycles. The summed E-state index contributed by atoms with van der Waals surface area (Å²) in [6, 6.07) is 8.95.